The van der Waals surface area contributed by atoms with Crippen molar-refractivity contribution < 1.29 is 18.6 Å². The minimum absolute atomic E-state index is 0.00800. The van der Waals surface area contributed by atoms with E-state index in [1.54, 1.807) is 0 Å². The molecule has 0 saturated carbocycles. The summed E-state index contributed by atoms with van der Waals surface area (Å²) in [5, 5.41) is 20.7. The fourth-order valence-corrected chi connectivity index (χ4v) is 13.9. The number of rotatable bonds is 4. The SMILES string of the molecule is CBr.CC(C)(C)c1cc2cc(C(C)(C)C)cc3c4cc(-c5ccc(Br)cc5)cc5cc(-c6ccc(Br)cc6)cc(c(c1)c23)c54.CC(C)(C)c1cc2cc(C(C)(C)C)cc3c4cc(B5OC(C)(C)C(C)(C)O5)cc5cc(B6OC(C)(C)C(C)(C)O6)cc(c(c1)c23)c54. The van der Waals surface area contributed by atoms with Crippen LogP contribution in [0.25, 0.3) is 108 Å². The van der Waals surface area contributed by atoms with Gasteiger partial charge in [-0.2, -0.15) is 0 Å². The Morgan fingerprint density at radius 1 is 0.278 bits per heavy atom. The first-order valence-corrected chi connectivity index (χ1v) is 35.1. The van der Waals surface area contributed by atoms with Gasteiger partial charge < -0.3 is 18.6 Å². The molecule has 0 radical (unpaired) electrons. The molecule has 462 valence electrons. The van der Waals surface area contributed by atoms with Crippen LogP contribution in [0.1, 0.15) is 161 Å². The van der Waals surface area contributed by atoms with E-state index in [0.717, 1.165) is 25.3 Å². The molecule has 0 bridgehead atoms. The molecule has 0 unspecified atom stereocenters. The second-order valence-electron chi connectivity index (χ2n) is 31.9. The Morgan fingerprint density at radius 2 is 0.500 bits per heavy atom. The van der Waals surface area contributed by atoms with Gasteiger partial charge in [0.15, 0.2) is 0 Å². The lowest BCUT2D eigenvalue weighted by atomic mass is 9.72. The zero-order valence-corrected chi connectivity index (χ0v) is 61.5. The maximum absolute atomic E-state index is 6.63. The molecule has 14 rings (SSSR count). The number of alkyl halides is 1. The largest absolute Gasteiger partial charge is 0.494 e. The third-order valence-electron chi connectivity index (χ3n) is 20.3. The van der Waals surface area contributed by atoms with Gasteiger partial charge in [0, 0.05) is 8.95 Å². The van der Waals surface area contributed by atoms with Crippen LogP contribution >= 0.6 is 47.8 Å². The highest BCUT2D eigenvalue weighted by molar-refractivity contribution is 9.10. The maximum Gasteiger partial charge on any atom is 0.494 e. The summed E-state index contributed by atoms with van der Waals surface area (Å²) in [4.78, 5) is 0. The van der Waals surface area contributed by atoms with Gasteiger partial charge in [0.2, 0.25) is 0 Å². The summed E-state index contributed by atoms with van der Waals surface area (Å²) in [5.41, 5.74) is 10.7. The number of halogens is 3. The molecule has 0 N–H and O–H groups in total. The Labute approximate surface area is 560 Å². The standard InChI is InChI=1S/C40H50B2O4.C40H34Br2.CH3Br/c1-35(2,3)25-15-23-16-26(36(4,5)6)20-30-32-22-28(42-45-39(11,12)40(13,14)46-42)18-24-17-27(41-43-37(7,8)38(9,10)44-41)21-31(34(24)32)29(19-25)33(23)30;1-39(2,3)29-17-28-18-30(40(4,5)6)22-36-34-20-26(24-9-13-32(42)14-10-24)16-27-15-25(23-7-11-31(41)12-8-23)19-33(37(27)34)35(21-29)38(28)36;1-2/h15-22H,1-14H3;7-22H,1-6H3;1H3. The Balaban J connectivity index is 0.000000170. The van der Waals surface area contributed by atoms with Crippen LogP contribution < -0.4 is 10.9 Å². The van der Waals surface area contributed by atoms with Crippen molar-refractivity contribution >= 4 is 159 Å². The summed E-state index contributed by atoms with van der Waals surface area (Å²) in [7, 11) is -0.943. The van der Waals surface area contributed by atoms with Gasteiger partial charge in [-0.1, -0.05) is 204 Å². The van der Waals surface area contributed by atoms with Crippen LogP contribution in [0.2, 0.25) is 0 Å². The van der Waals surface area contributed by atoms with Crippen LogP contribution in [-0.2, 0) is 40.3 Å². The third-order valence-corrected chi connectivity index (χ3v) is 21.3. The van der Waals surface area contributed by atoms with E-state index in [-0.39, 0.29) is 21.7 Å². The zero-order valence-electron chi connectivity index (χ0n) is 56.8. The van der Waals surface area contributed by atoms with Gasteiger partial charge in [0.1, 0.15) is 0 Å². The van der Waals surface area contributed by atoms with Crippen LogP contribution in [0.5, 0.6) is 0 Å². The molecule has 12 aromatic carbocycles. The average molecular weight is 1390 g/mol. The van der Waals surface area contributed by atoms with E-state index in [9.17, 15) is 0 Å². The lowest BCUT2D eigenvalue weighted by Crippen LogP contribution is -2.41. The normalized spacial score (nSPS) is 16.8. The van der Waals surface area contributed by atoms with E-state index < -0.39 is 36.6 Å². The quantitative estimate of drug-likeness (QED) is 0.0762. The molecule has 0 aromatic heterocycles. The highest BCUT2D eigenvalue weighted by atomic mass is 79.9. The van der Waals surface area contributed by atoms with Crippen molar-refractivity contribution in [2.45, 2.75) is 183 Å². The molecule has 0 aliphatic carbocycles. The van der Waals surface area contributed by atoms with Crippen molar-refractivity contribution in [1.29, 1.82) is 0 Å². The summed E-state index contributed by atoms with van der Waals surface area (Å²) in [6.07, 6.45) is 0. The molecule has 0 spiro atoms. The molecular formula is C81H87B2Br3O4. The van der Waals surface area contributed by atoms with Crippen molar-refractivity contribution in [2.24, 2.45) is 0 Å². The molecule has 2 aliphatic heterocycles. The van der Waals surface area contributed by atoms with Gasteiger partial charge in [-0.15, -0.1) is 0 Å². The molecule has 2 fully saturated rings. The van der Waals surface area contributed by atoms with Crippen molar-refractivity contribution in [3.63, 3.8) is 0 Å². The second-order valence-corrected chi connectivity index (χ2v) is 33.7. The molecule has 12 aromatic rings. The highest BCUT2D eigenvalue weighted by Gasteiger charge is 2.53. The molecule has 2 heterocycles. The summed E-state index contributed by atoms with van der Waals surface area (Å²) in [5.74, 6) is 1.81. The van der Waals surface area contributed by atoms with Gasteiger partial charge in [-0.05, 0) is 297 Å². The van der Waals surface area contributed by atoms with Gasteiger partial charge in [-0.3, -0.25) is 0 Å². The topological polar surface area (TPSA) is 36.9 Å². The minimum Gasteiger partial charge on any atom is -0.399 e. The summed E-state index contributed by atoms with van der Waals surface area (Å²) in [6, 6.07) is 55.7. The fraction of sp³-hybridized carbons (Fsp3) is 0.358. The van der Waals surface area contributed by atoms with Gasteiger partial charge in [-0.25, -0.2) is 0 Å². The van der Waals surface area contributed by atoms with Crippen molar-refractivity contribution in [3.05, 3.63) is 177 Å². The molecule has 90 heavy (non-hydrogen) atoms. The van der Waals surface area contributed by atoms with Crippen LogP contribution in [0.3, 0.4) is 0 Å². The van der Waals surface area contributed by atoms with E-state index >= 15 is 0 Å². The molecule has 0 atom stereocenters. The van der Waals surface area contributed by atoms with Gasteiger partial charge in [0.05, 0.1) is 22.4 Å². The number of benzene rings is 12. The highest BCUT2D eigenvalue weighted by Crippen LogP contribution is 2.49. The first-order chi connectivity index (χ1) is 41.9. The smallest absolute Gasteiger partial charge is 0.399 e. The first-order valence-electron chi connectivity index (χ1n) is 32.0. The number of fused-ring (bicyclic) bond motifs is 4. The lowest BCUT2D eigenvalue weighted by molar-refractivity contribution is 0.00578. The average Bonchev–Trinajstić information content (AvgIpc) is 0.833. The third kappa shape index (κ3) is 11.3. The minimum atomic E-state index is -0.472. The van der Waals surface area contributed by atoms with Crippen LogP contribution in [0.15, 0.2) is 155 Å². The Hall–Kier alpha value is -5.35. The van der Waals surface area contributed by atoms with Gasteiger partial charge >= 0.3 is 14.2 Å². The van der Waals surface area contributed by atoms with Crippen molar-refractivity contribution in [2.75, 3.05) is 5.83 Å². The maximum atomic E-state index is 6.63. The molecular weight excluding hydrogens is 1300 g/mol. The monoisotopic (exact) mass is 1380 g/mol. The van der Waals surface area contributed by atoms with Gasteiger partial charge in [0.25, 0.3) is 0 Å². The van der Waals surface area contributed by atoms with E-state index in [2.05, 4.69) is 332 Å². The predicted octanol–water partition coefficient (Wildman–Crippen LogP) is 23.1. The molecule has 0 amide bonds. The molecule has 9 heteroatoms. The van der Waals surface area contributed by atoms with E-state index in [0.29, 0.717) is 0 Å². The van der Waals surface area contributed by atoms with Crippen LogP contribution in [0.4, 0.5) is 0 Å². The summed E-state index contributed by atoms with van der Waals surface area (Å²) in [6.45, 7) is 44.7. The van der Waals surface area contributed by atoms with E-state index in [1.165, 1.54) is 125 Å². The molecule has 2 saturated heterocycles. The first kappa shape index (κ1) is 64.7. The van der Waals surface area contributed by atoms with Crippen molar-refractivity contribution in [3.8, 4) is 22.3 Å². The summed E-state index contributed by atoms with van der Waals surface area (Å²) >= 11 is 10.2. The predicted molar refractivity (Wildman–Crippen MR) is 403 cm³/mol. The van der Waals surface area contributed by atoms with Crippen LogP contribution in [0, 0.1) is 0 Å². The van der Waals surface area contributed by atoms with Crippen molar-refractivity contribution in [1.82, 2.24) is 0 Å². The Morgan fingerprint density at radius 3 is 0.756 bits per heavy atom. The van der Waals surface area contributed by atoms with E-state index in [4.69, 9.17) is 18.6 Å². The Bertz CT molecular complexity index is 4480. The molecule has 4 nitrogen and oxygen atoms in total. The summed E-state index contributed by atoms with van der Waals surface area (Å²) < 4.78 is 28.7. The second kappa shape index (κ2) is 22.1. The van der Waals surface area contributed by atoms with E-state index in [1.807, 2.05) is 5.83 Å². The number of hydrogen-bond acceptors (Lipinski definition) is 4. The Kier molecular flexibility index (Phi) is 15.9. The number of hydrogen-bond donors (Lipinski definition) is 0. The van der Waals surface area contributed by atoms with Crippen LogP contribution in [-0.4, -0.2) is 42.5 Å². The zero-order chi connectivity index (χ0) is 65.1. The lowest BCUT2D eigenvalue weighted by Gasteiger charge is -2.32. The molecule has 2 aliphatic rings. The fourth-order valence-electron chi connectivity index (χ4n) is 13.4.